The second-order valence-corrected chi connectivity index (χ2v) is 5.33. The van der Waals surface area contributed by atoms with Crippen molar-refractivity contribution < 1.29 is 9.53 Å². The summed E-state index contributed by atoms with van der Waals surface area (Å²) in [5.41, 5.74) is -0.664. The molecule has 1 aliphatic rings. The van der Waals surface area contributed by atoms with Crippen LogP contribution in [-0.2, 0) is 9.53 Å². The quantitative estimate of drug-likeness (QED) is 0.785. The average Bonchev–Trinajstić information content (AvgIpc) is 2.44. The van der Waals surface area contributed by atoms with Gasteiger partial charge >= 0.3 is 0 Å². The van der Waals surface area contributed by atoms with Crippen molar-refractivity contribution in [3.05, 3.63) is 0 Å². The van der Waals surface area contributed by atoms with Crippen LogP contribution >= 0.6 is 0 Å². The van der Waals surface area contributed by atoms with Crippen LogP contribution in [0.15, 0.2) is 0 Å². The summed E-state index contributed by atoms with van der Waals surface area (Å²) in [6.07, 6.45) is 3.05. The van der Waals surface area contributed by atoms with Gasteiger partial charge in [0, 0.05) is 20.2 Å². The molecule has 1 aliphatic heterocycles. The maximum absolute atomic E-state index is 12.5. The number of likely N-dealkylation sites (N-methyl/N-ethyl adjacent to an activating group) is 1. The predicted molar refractivity (Wildman–Crippen MR) is 73.6 cm³/mol. The smallest absolute Gasteiger partial charge is 0.254 e. The van der Waals surface area contributed by atoms with Crippen LogP contribution in [0.1, 0.15) is 40.0 Å². The molecule has 18 heavy (non-hydrogen) atoms. The van der Waals surface area contributed by atoms with Crippen LogP contribution < -0.4 is 5.32 Å². The minimum Gasteiger partial charge on any atom is -0.369 e. The van der Waals surface area contributed by atoms with Crippen molar-refractivity contribution in [2.45, 2.75) is 45.6 Å². The van der Waals surface area contributed by atoms with Gasteiger partial charge in [-0.3, -0.25) is 4.79 Å². The second-order valence-electron chi connectivity index (χ2n) is 5.33. The number of amides is 1. The van der Waals surface area contributed by atoms with Crippen LogP contribution in [0.5, 0.6) is 0 Å². The molecular weight excluding hydrogens is 228 g/mol. The highest BCUT2D eigenvalue weighted by molar-refractivity contribution is 5.84. The van der Waals surface area contributed by atoms with E-state index in [4.69, 9.17) is 4.74 Å². The molecule has 1 rings (SSSR count). The highest BCUT2D eigenvalue weighted by atomic mass is 16.5. The molecule has 0 saturated carbocycles. The molecule has 4 nitrogen and oxygen atoms in total. The average molecular weight is 256 g/mol. The van der Waals surface area contributed by atoms with Crippen LogP contribution in [0.3, 0.4) is 0 Å². The number of nitrogens with one attached hydrogen (secondary N) is 1. The van der Waals surface area contributed by atoms with Gasteiger partial charge in [-0.15, -0.1) is 0 Å². The molecule has 1 fully saturated rings. The van der Waals surface area contributed by atoms with Gasteiger partial charge in [0.1, 0.15) is 5.60 Å². The zero-order valence-corrected chi connectivity index (χ0v) is 12.3. The molecular formula is C14H28N2O2. The normalized spacial score (nSPS) is 20.4. The zero-order chi connectivity index (χ0) is 13.6. The van der Waals surface area contributed by atoms with Crippen LogP contribution in [0, 0.1) is 5.92 Å². The standard InChI is InChI=1S/C14H28N2O2/c1-5-14(3,18-4)13(17)16(6-2)11-12-7-9-15-10-8-12/h12,15H,5-11H2,1-4H3. The van der Waals surface area contributed by atoms with E-state index < -0.39 is 5.60 Å². The van der Waals surface area contributed by atoms with E-state index in [1.165, 1.54) is 12.8 Å². The van der Waals surface area contributed by atoms with Crippen molar-refractivity contribution in [1.82, 2.24) is 10.2 Å². The summed E-state index contributed by atoms with van der Waals surface area (Å²) in [4.78, 5) is 14.5. The van der Waals surface area contributed by atoms with E-state index in [1.807, 2.05) is 25.7 Å². The molecule has 1 heterocycles. The molecule has 0 aliphatic carbocycles. The third-order valence-corrected chi connectivity index (χ3v) is 4.18. The molecule has 1 N–H and O–H groups in total. The monoisotopic (exact) mass is 256 g/mol. The minimum absolute atomic E-state index is 0.133. The fourth-order valence-corrected chi connectivity index (χ4v) is 2.45. The number of piperidine rings is 1. The van der Waals surface area contributed by atoms with Gasteiger partial charge in [-0.05, 0) is 52.1 Å². The Bertz CT molecular complexity index is 259. The summed E-state index contributed by atoms with van der Waals surface area (Å²) in [5, 5.41) is 3.36. The van der Waals surface area contributed by atoms with Gasteiger partial charge in [0.2, 0.25) is 0 Å². The van der Waals surface area contributed by atoms with Gasteiger partial charge in [-0.1, -0.05) is 6.92 Å². The van der Waals surface area contributed by atoms with E-state index in [2.05, 4.69) is 5.32 Å². The van der Waals surface area contributed by atoms with Gasteiger partial charge in [0.05, 0.1) is 0 Å². The first-order valence-electron chi connectivity index (χ1n) is 7.12. The number of ether oxygens (including phenoxy) is 1. The Balaban J connectivity index is 2.61. The van der Waals surface area contributed by atoms with Crippen molar-refractivity contribution in [3.8, 4) is 0 Å². The number of nitrogens with zero attached hydrogens (tertiary/aromatic N) is 1. The molecule has 0 aromatic rings. The Kier molecular flexibility index (Phi) is 6.09. The first kappa shape index (κ1) is 15.4. The van der Waals surface area contributed by atoms with Crippen molar-refractivity contribution in [2.24, 2.45) is 5.92 Å². The molecule has 1 atom stereocenters. The number of carbonyl (C=O) groups excluding carboxylic acids is 1. The van der Waals surface area contributed by atoms with E-state index in [0.717, 1.165) is 26.2 Å². The minimum atomic E-state index is -0.664. The van der Waals surface area contributed by atoms with E-state index in [0.29, 0.717) is 12.3 Å². The predicted octanol–water partition coefficient (Wildman–Crippen LogP) is 1.65. The van der Waals surface area contributed by atoms with Crippen molar-refractivity contribution >= 4 is 5.91 Å². The fourth-order valence-electron chi connectivity index (χ4n) is 2.45. The fraction of sp³-hybridized carbons (Fsp3) is 0.929. The second kappa shape index (κ2) is 7.10. The molecule has 1 unspecified atom stereocenters. The Morgan fingerprint density at radius 2 is 2.00 bits per heavy atom. The summed E-state index contributed by atoms with van der Waals surface area (Å²) < 4.78 is 5.42. The first-order chi connectivity index (χ1) is 8.57. The van der Waals surface area contributed by atoms with Crippen LogP contribution in [0.25, 0.3) is 0 Å². The SMILES string of the molecule is CCN(CC1CCNCC1)C(=O)C(C)(CC)OC. The van der Waals surface area contributed by atoms with Crippen molar-refractivity contribution in [1.29, 1.82) is 0 Å². The largest absolute Gasteiger partial charge is 0.369 e. The Morgan fingerprint density at radius 1 is 1.39 bits per heavy atom. The van der Waals surface area contributed by atoms with Gasteiger partial charge < -0.3 is 15.0 Å². The maximum Gasteiger partial charge on any atom is 0.254 e. The number of rotatable bonds is 6. The molecule has 0 aromatic carbocycles. The zero-order valence-electron chi connectivity index (χ0n) is 12.3. The lowest BCUT2D eigenvalue weighted by atomic mass is 9.95. The lowest BCUT2D eigenvalue weighted by molar-refractivity contribution is -0.154. The van der Waals surface area contributed by atoms with E-state index in [-0.39, 0.29) is 5.91 Å². The Morgan fingerprint density at radius 3 is 2.44 bits per heavy atom. The van der Waals surface area contributed by atoms with Crippen molar-refractivity contribution in [2.75, 3.05) is 33.3 Å². The van der Waals surface area contributed by atoms with Gasteiger partial charge in [-0.25, -0.2) is 0 Å². The third-order valence-electron chi connectivity index (χ3n) is 4.18. The van der Waals surface area contributed by atoms with Crippen LogP contribution in [0.2, 0.25) is 0 Å². The summed E-state index contributed by atoms with van der Waals surface area (Å²) in [6.45, 7) is 9.72. The van der Waals surface area contributed by atoms with Crippen LogP contribution in [-0.4, -0.2) is 49.7 Å². The molecule has 1 saturated heterocycles. The lowest BCUT2D eigenvalue weighted by Gasteiger charge is -2.35. The Labute approximate surface area is 111 Å². The summed E-state index contributed by atoms with van der Waals surface area (Å²) in [6, 6.07) is 0. The summed E-state index contributed by atoms with van der Waals surface area (Å²) >= 11 is 0. The van der Waals surface area contributed by atoms with Crippen LogP contribution in [0.4, 0.5) is 0 Å². The number of hydrogen-bond donors (Lipinski definition) is 1. The molecule has 0 bridgehead atoms. The molecule has 0 spiro atoms. The third kappa shape index (κ3) is 3.69. The molecule has 1 amide bonds. The van der Waals surface area contributed by atoms with Gasteiger partial charge in [0.15, 0.2) is 0 Å². The highest BCUT2D eigenvalue weighted by Gasteiger charge is 2.35. The first-order valence-corrected chi connectivity index (χ1v) is 7.12. The Hall–Kier alpha value is -0.610. The van der Waals surface area contributed by atoms with Crippen molar-refractivity contribution in [3.63, 3.8) is 0 Å². The molecule has 0 aromatic heterocycles. The molecule has 4 heteroatoms. The van der Waals surface area contributed by atoms with E-state index in [1.54, 1.807) is 7.11 Å². The highest BCUT2D eigenvalue weighted by Crippen LogP contribution is 2.20. The van der Waals surface area contributed by atoms with E-state index in [9.17, 15) is 4.79 Å². The van der Waals surface area contributed by atoms with Gasteiger partial charge in [0.25, 0.3) is 5.91 Å². The molecule has 0 radical (unpaired) electrons. The van der Waals surface area contributed by atoms with E-state index >= 15 is 0 Å². The summed E-state index contributed by atoms with van der Waals surface area (Å²) in [7, 11) is 1.62. The number of hydrogen-bond acceptors (Lipinski definition) is 3. The molecule has 106 valence electrons. The topological polar surface area (TPSA) is 41.6 Å². The number of carbonyl (C=O) groups is 1. The maximum atomic E-state index is 12.5. The summed E-state index contributed by atoms with van der Waals surface area (Å²) in [5.74, 6) is 0.765. The lowest BCUT2D eigenvalue weighted by Crippen LogP contribution is -2.50. The number of methoxy groups -OCH3 is 1. The van der Waals surface area contributed by atoms with Gasteiger partial charge in [-0.2, -0.15) is 0 Å².